The molecule has 0 amide bonds. The molecule has 0 saturated carbocycles. The molecule has 0 atom stereocenters. The summed E-state index contributed by atoms with van der Waals surface area (Å²) in [7, 11) is 4.82. The lowest BCUT2D eigenvalue weighted by molar-refractivity contribution is -0.725. The van der Waals surface area contributed by atoms with Crippen LogP contribution in [-0.4, -0.2) is 57.0 Å². The van der Waals surface area contributed by atoms with Gasteiger partial charge in [-0.05, 0) is 41.5 Å². The third-order valence-corrected chi connectivity index (χ3v) is 7.28. The van der Waals surface area contributed by atoms with Gasteiger partial charge in [-0.15, -0.1) is 0 Å². The first-order valence-electron chi connectivity index (χ1n) is 14.4. The Balaban J connectivity index is 1.33. The molecule has 0 spiro atoms. The molecule has 2 N–H and O–H groups in total. The van der Waals surface area contributed by atoms with Gasteiger partial charge in [0.15, 0.2) is 7.05 Å². The van der Waals surface area contributed by atoms with E-state index in [2.05, 4.69) is 20.8 Å². The molecular weight excluding hydrogens is 643 g/mol. The first kappa shape index (κ1) is 33.6. The topological polar surface area (TPSA) is 198 Å². The van der Waals surface area contributed by atoms with E-state index >= 15 is 0 Å². The number of anilines is 2. The van der Waals surface area contributed by atoms with Crippen LogP contribution in [0.5, 0.6) is 5.75 Å². The average molecular weight is 672 g/mol. The van der Waals surface area contributed by atoms with Gasteiger partial charge < -0.3 is 10.1 Å². The summed E-state index contributed by atoms with van der Waals surface area (Å²) in [6.07, 6.45) is 0.202. The number of fused-ring (bicyclic) bond motifs is 1. The Morgan fingerprint density at radius 1 is 0.959 bits per heavy atom. The summed E-state index contributed by atoms with van der Waals surface area (Å²) in [4.78, 5) is 53.4. The highest BCUT2D eigenvalue weighted by Crippen LogP contribution is 2.39. The fourth-order valence-electron chi connectivity index (χ4n) is 4.66. The number of aromatic amines is 1. The largest absolute Gasteiger partial charge is 0.457 e. The Morgan fingerprint density at radius 3 is 2.41 bits per heavy atom. The van der Waals surface area contributed by atoms with E-state index in [4.69, 9.17) is 9.57 Å². The van der Waals surface area contributed by atoms with Gasteiger partial charge >= 0.3 is 11.7 Å². The number of halogens is 1. The molecule has 0 fully saturated rings. The van der Waals surface area contributed by atoms with Crippen LogP contribution in [0.1, 0.15) is 27.2 Å². The zero-order chi connectivity index (χ0) is 35.2. The molecule has 0 bridgehead atoms. The lowest BCUT2D eigenvalue weighted by Crippen LogP contribution is -2.23. The summed E-state index contributed by atoms with van der Waals surface area (Å²) in [6.45, 7) is -0.281. The first-order valence-corrected chi connectivity index (χ1v) is 14.4. The van der Waals surface area contributed by atoms with Crippen LogP contribution >= 0.6 is 0 Å². The quantitative estimate of drug-likeness (QED) is 0.0563. The molecule has 4 aromatic carbocycles. The number of esters is 1. The zero-order valence-corrected chi connectivity index (χ0v) is 26.2. The number of rotatable bonds is 12. The Bertz CT molecular complexity index is 2190. The third kappa shape index (κ3) is 7.79. The average Bonchev–Trinajstić information content (AvgIpc) is 3.08. The van der Waals surface area contributed by atoms with Gasteiger partial charge in [-0.1, -0.05) is 36.4 Å². The highest BCUT2D eigenvalue weighted by atomic mass is 19.1. The van der Waals surface area contributed by atoms with Gasteiger partial charge in [0.1, 0.15) is 24.2 Å². The van der Waals surface area contributed by atoms with Crippen molar-refractivity contribution in [2.45, 2.75) is 13.0 Å². The SMILES string of the molecule is CN(C)/[N+](C)=N/Oc1cc(Nc2cccc(COC(=O)c3cc(Cc4n[nH]c(=O)c5ccccc45)ccc3F)c2)c([N+](=O)[O-])cc1[N+](=O)[O-]. The molecule has 0 aliphatic carbocycles. The minimum atomic E-state index is -0.934. The maximum Gasteiger partial charge on any atom is 0.341 e. The lowest BCUT2D eigenvalue weighted by Gasteiger charge is -2.11. The van der Waals surface area contributed by atoms with E-state index in [1.807, 2.05) is 0 Å². The van der Waals surface area contributed by atoms with Gasteiger partial charge in [0.25, 0.3) is 11.2 Å². The maximum absolute atomic E-state index is 14.8. The van der Waals surface area contributed by atoms with Crippen LogP contribution in [0.3, 0.4) is 0 Å². The van der Waals surface area contributed by atoms with E-state index < -0.39 is 33.0 Å². The van der Waals surface area contributed by atoms with Crippen molar-refractivity contribution >= 4 is 39.5 Å². The number of carbonyl (C=O) groups is 1. The normalized spacial score (nSPS) is 11.2. The number of nitro groups is 2. The monoisotopic (exact) mass is 671 g/mol. The van der Waals surface area contributed by atoms with Gasteiger partial charge in [-0.25, -0.2) is 14.3 Å². The number of ether oxygens (including phenoxy) is 1. The van der Waals surface area contributed by atoms with Crippen LogP contribution < -0.4 is 15.7 Å². The summed E-state index contributed by atoms with van der Waals surface area (Å²) in [5, 5.41) is 39.2. The Kier molecular flexibility index (Phi) is 9.82. The minimum Gasteiger partial charge on any atom is -0.457 e. The fourth-order valence-corrected chi connectivity index (χ4v) is 4.66. The summed E-state index contributed by atoms with van der Waals surface area (Å²) in [5.74, 6) is -2.09. The molecule has 17 heteroatoms. The lowest BCUT2D eigenvalue weighted by atomic mass is 10.0. The Morgan fingerprint density at radius 2 is 1.69 bits per heavy atom. The maximum atomic E-state index is 14.8. The summed E-state index contributed by atoms with van der Waals surface area (Å²) < 4.78 is 20.2. The van der Waals surface area contributed by atoms with Gasteiger partial charge in [0, 0.05) is 28.4 Å². The highest BCUT2D eigenvalue weighted by molar-refractivity contribution is 5.90. The van der Waals surface area contributed by atoms with Crippen molar-refractivity contribution in [3.05, 3.63) is 138 Å². The third-order valence-electron chi connectivity index (χ3n) is 7.28. The van der Waals surface area contributed by atoms with Crippen molar-refractivity contribution in [1.29, 1.82) is 0 Å². The molecule has 5 aromatic rings. The second-order valence-electron chi connectivity index (χ2n) is 10.8. The van der Waals surface area contributed by atoms with E-state index in [9.17, 15) is 34.2 Å². The number of carbonyl (C=O) groups excluding carboxylic acids is 1. The van der Waals surface area contributed by atoms with E-state index in [1.165, 1.54) is 35.1 Å². The van der Waals surface area contributed by atoms with Gasteiger partial charge in [-0.3, -0.25) is 29.9 Å². The number of nitrogens with one attached hydrogen (secondary N) is 2. The molecule has 1 aromatic heterocycles. The van der Waals surface area contributed by atoms with Crippen molar-refractivity contribution in [2.75, 3.05) is 26.5 Å². The van der Waals surface area contributed by atoms with E-state index in [-0.39, 0.29) is 35.6 Å². The number of hydrogen-bond donors (Lipinski definition) is 2. The Hall–Kier alpha value is -6.78. The van der Waals surface area contributed by atoms with Gasteiger partial charge in [0.2, 0.25) is 11.0 Å². The van der Waals surface area contributed by atoms with Crippen LogP contribution in [0, 0.1) is 26.0 Å². The summed E-state index contributed by atoms with van der Waals surface area (Å²) in [5.41, 5.74) is -0.204. The van der Waals surface area contributed by atoms with Crippen LogP contribution in [0.15, 0.2) is 88.9 Å². The molecule has 0 unspecified atom stereocenters. The van der Waals surface area contributed by atoms with Crippen LogP contribution in [0.4, 0.5) is 27.1 Å². The molecule has 0 saturated heterocycles. The number of nitrogens with zero attached hydrogens (tertiary/aromatic N) is 6. The van der Waals surface area contributed by atoms with E-state index in [1.54, 1.807) is 56.6 Å². The predicted octanol–water partition coefficient (Wildman–Crippen LogP) is 5.43. The predicted molar refractivity (Wildman–Crippen MR) is 173 cm³/mol. The second-order valence-corrected chi connectivity index (χ2v) is 10.8. The van der Waals surface area contributed by atoms with Crippen molar-refractivity contribution in [1.82, 2.24) is 15.2 Å². The van der Waals surface area contributed by atoms with Crippen molar-refractivity contribution in [2.24, 2.45) is 5.28 Å². The molecule has 250 valence electrons. The fraction of sp³-hybridized carbons (Fsp3) is 0.156. The number of aromatic nitrogens is 2. The highest BCUT2D eigenvalue weighted by Gasteiger charge is 2.27. The number of benzene rings is 4. The molecule has 49 heavy (non-hydrogen) atoms. The zero-order valence-electron chi connectivity index (χ0n) is 26.2. The standard InChI is InChI=1S/C32H27FN8O8/c1-38(2)39(3)37-49-30-16-27(28(40(44)45)17-29(30)41(46)47)34-21-8-6-7-20(13-21)18-48-32(43)24-14-19(11-12-25(24)33)15-26-22-9-4-5-10-23(22)31(42)36-35-26/h4-14,16-17,34H,15,18H2,1-3H3/p+1/b39-37+. The van der Waals surface area contributed by atoms with E-state index in [0.717, 1.165) is 18.2 Å². The molecular formula is C32H28FN8O8+. The molecule has 16 nitrogen and oxygen atoms in total. The van der Waals surface area contributed by atoms with E-state index in [0.29, 0.717) is 33.3 Å². The number of hydrazine groups is 1. The van der Waals surface area contributed by atoms with Gasteiger partial charge in [0.05, 0.1) is 40.6 Å². The molecule has 0 aliphatic rings. The molecule has 0 aliphatic heterocycles. The van der Waals surface area contributed by atoms with Gasteiger partial charge in [-0.2, -0.15) is 10.1 Å². The molecule has 0 radical (unpaired) electrons. The Labute approximate surface area is 276 Å². The minimum absolute atomic E-state index is 0.133. The first-order chi connectivity index (χ1) is 23.4. The number of hydrogen-bond acceptors (Lipinski definition) is 11. The van der Waals surface area contributed by atoms with Crippen molar-refractivity contribution in [3.63, 3.8) is 0 Å². The molecule has 5 rings (SSSR count). The van der Waals surface area contributed by atoms with Crippen LogP contribution in [-0.2, 0) is 17.8 Å². The van der Waals surface area contributed by atoms with Crippen molar-refractivity contribution in [3.8, 4) is 5.75 Å². The number of H-pyrrole nitrogens is 1. The smallest absolute Gasteiger partial charge is 0.341 e. The second kappa shape index (κ2) is 14.3. The molecule has 1 heterocycles. The van der Waals surface area contributed by atoms with Crippen molar-refractivity contribution < 1.29 is 33.4 Å². The van der Waals surface area contributed by atoms with Crippen LogP contribution in [0.25, 0.3) is 10.8 Å². The summed E-state index contributed by atoms with van der Waals surface area (Å²) in [6, 6.07) is 19.1. The van der Waals surface area contributed by atoms with Crippen LogP contribution in [0.2, 0.25) is 0 Å². The summed E-state index contributed by atoms with van der Waals surface area (Å²) >= 11 is 0. The number of nitro benzene ring substituents is 2.